The molecule has 3 aromatic carbocycles. The van der Waals surface area contributed by atoms with Crippen LogP contribution in [0.15, 0.2) is 88.2 Å². The van der Waals surface area contributed by atoms with E-state index in [1.807, 2.05) is 40.9 Å². The molecule has 0 saturated heterocycles. The molecule has 1 heterocycles. The third-order valence-corrected chi connectivity index (χ3v) is 9.42. The first kappa shape index (κ1) is 28.6. The quantitative estimate of drug-likeness (QED) is 0.308. The molecule has 5 rings (SSSR count). The van der Waals surface area contributed by atoms with E-state index in [2.05, 4.69) is 77.1 Å². The number of anilines is 1. The highest BCUT2D eigenvalue weighted by Crippen LogP contribution is 2.51. The molecule has 0 spiro atoms. The number of nitriles is 1. The zero-order valence-corrected chi connectivity index (χ0v) is 25.5. The van der Waals surface area contributed by atoms with Crippen molar-refractivity contribution in [1.29, 1.82) is 5.26 Å². The van der Waals surface area contributed by atoms with Gasteiger partial charge in [-0.1, -0.05) is 49.7 Å². The Kier molecular flexibility index (Phi) is 7.76. The van der Waals surface area contributed by atoms with Crippen molar-refractivity contribution in [3.05, 3.63) is 111 Å². The van der Waals surface area contributed by atoms with Crippen molar-refractivity contribution in [2.45, 2.75) is 64.0 Å². The number of carbonyl (C=O) groups is 1. The number of benzene rings is 3. The summed E-state index contributed by atoms with van der Waals surface area (Å²) >= 11 is 1.81. The summed E-state index contributed by atoms with van der Waals surface area (Å²) in [4.78, 5) is 17.2. The van der Waals surface area contributed by atoms with Crippen LogP contribution in [0.1, 0.15) is 60.4 Å². The zero-order chi connectivity index (χ0) is 29.5. The molecular weight excluding hydrogens is 526 g/mol. The molecule has 0 bridgehead atoms. The zero-order valence-electron chi connectivity index (χ0n) is 24.7. The summed E-state index contributed by atoms with van der Waals surface area (Å²) in [7, 11) is 1.63. The lowest BCUT2D eigenvalue weighted by Gasteiger charge is -2.44. The number of nitrogens with zero attached hydrogens (tertiary/aromatic N) is 2. The van der Waals surface area contributed by atoms with E-state index in [9.17, 15) is 10.1 Å². The molecule has 0 radical (unpaired) electrons. The Bertz CT molecular complexity index is 1630. The van der Waals surface area contributed by atoms with Gasteiger partial charge in [-0.05, 0) is 85.2 Å². The van der Waals surface area contributed by atoms with Gasteiger partial charge in [-0.15, -0.1) is 11.8 Å². The lowest BCUT2D eigenvalue weighted by atomic mass is 9.68. The van der Waals surface area contributed by atoms with Gasteiger partial charge in [0.25, 0.3) is 0 Å². The second kappa shape index (κ2) is 11.1. The number of carbonyl (C=O) groups excluding carboxylic acids is 1. The van der Waals surface area contributed by atoms with Crippen molar-refractivity contribution in [3.8, 4) is 11.8 Å². The molecule has 2 aliphatic rings. The highest BCUT2D eigenvalue weighted by molar-refractivity contribution is 7.98. The van der Waals surface area contributed by atoms with Gasteiger partial charge in [0.15, 0.2) is 5.78 Å². The van der Waals surface area contributed by atoms with Crippen LogP contribution in [0.5, 0.6) is 5.75 Å². The third kappa shape index (κ3) is 5.39. The summed E-state index contributed by atoms with van der Waals surface area (Å²) < 4.78 is 5.37. The topological polar surface area (TPSA) is 79.3 Å². The first-order valence-electron chi connectivity index (χ1n) is 13.9. The predicted molar refractivity (Wildman–Crippen MR) is 167 cm³/mol. The number of ether oxygens (including phenoxy) is 1. The monoisotopic (exact) mass is 563 g/mol. The lowest BCUT2D eigenvalue weighted by Crippen LogP contribution is -2.42. The third-order valence-electron chi connectivity index (χ3n) is 8.20. The molecule has 1 aliphatic carbocycles. The van der Waals surface area contributed by atoms with Crippen LogP contribution in [0.3, 0.4) is 0 Å². The van der Waals surface area contributed by atoms with Gasteiger partial charge in [-0.2, -0.15) is 5.26 Å². The molecule has 3 aromatic rings. The first-order chi connectivity index (χ1) is 19.5. The molecule has 0 aromatic heterocycles. The van der Waals surface area contributed by atoms with E-state index in [4.69, 9.17) is 10.5 Å². The fourth-order valence-corrected chi connectivity index (χ4v) is 7.21. The average Bonchev–Trinajstić information content (AvgIpc) is 2.93. The number of Topliss-reactive ketones (excluding diaryl/α,β-unsaturated/α-hetero) is 1. The van der Waals surface area contributed by atoms with E-state index in [-0.39, 0.29) is 11.2 Å². The minimum atomic E-state index is -0.504. The van der Waals surface area contributed by atoms with Gasteiger partial charge < -0.3 is 10.5 Å². The number of nitrogens with two attached hydrogens (primary N) is 1. The number of aryl methyl sites for hydroxylation is 2. The van der Waals surface area contributed by atoms with Gasteiger partial charge in [-0.3, -0.25) is 9.69 Å². The van der Waals surface area contributed by atoms with Crippen LogP contribution in [-0.2, 0) is 10.5 Å². The fourth-order valence-electron chi connectivity index (χ4n) is 6.13. The minimum Gasteiger partial charge on any atom is -0.497 e. The molecule has 1 aliphatic heterocycles. The maximum Gasteiger partial charge on any atom is 0.162 e. The standard InChI is InChI=1S/C35H37N3O2S/c1-21-15-24(20-41-31-10-8-7-9-22(31)2)23(3)27(16-21)32-28(19-36)34(37)38(25-11-13-26(40-6)14-12-25)29-17-35(4,5)18-30(39)33(29)32/h7-16,32H,17-18,20,37H2,1-6H3. The Balaban J connectivity index is 1.67. The first-order valence-corrected chi connectivity index (χ1v) is 14.9. The van der Waals surface area contributed by atoms with Crippen molar-refractivity contribution >= 4 is 23.2 Å². The van der Waals surface area contributed by atoms with E-state index in [0.29, 0.717) is 29.8 Å². The second-order valence-electron chi connectivity index (χ2n) is 11.9. The van der Waals surface area contributed by atoms with Gasteiger partial charge >= 0.3 is 0 Å². The number of ketones is 1. The predicted octanol–water partition coefficient (Wildman–Crippen LogP) is 7.85. The van der Waals surface area contributed by atoms with Crippen molar-refractivity contribution in [2.75, 3.05) is 12.0 Å². The lowest BCUT2D eigenvalue weighted by molar-refractivity contribution is -0.118. The van der Waals surface area contributed by atoms with E-state index >= 15 is 0 Å². The maximum absolute atomic E-state index is 14.0. The molecule has 0 amide bonds. The Morgan fingerprint density at radius 1 is 1.07 bits per heavy atom. The summed E-state index contributed by atoms with van der Waals surface area (Å²) in [6.07, 6.45) is 1.11. The summed E-state index contributed by atoms with van der Waals surface area (Å²) in [6.45, 7) is 10.6. The highest BCUT2D eigenvalue weighted by Gasteiger charge is 2.45. The fraction of sp³-hybridized carbons (Fsp3) is 0.314. The number of hydrogen-bond donors (Lipinski definition) is 1. The van der Waals surface area contributed by atoms with Crippen molar-refractivity contribution in [3.63, 3.8) is 0 Å². The number of allylic oxidation sites excluding steroid dienone is 3. The van der Waals surface area contributed by atoms with Crippen molar-refractivity contribution < 1.29 is 9.53 Å². The number of hydrogen-bond acceptors (Lipinski definition) is 6. The summed E-state index contributed by atoms with van der Waals surface area (Å²) in [5, 5.41) is 10.6. The Morgan fingerprint density at radius 2 is 1.78 bits per heavy atom. The molecule has 1 atom stereocenters. The highest BCUT2D eigenvalue weighted by atomic mass is 32.2. The van der Waals surface area contributed by atoms with Crippen LogP contribution in [0.4, 0.5) is 5.69 Å². The molecule has 1 unspecified atom stereocenters. The molecule has 2 N–H and O–H groups in total. The Morgan fingerprint density at radius 3 is 2.44 bits per heavy atom. The van der Waals surface area contributed by atoms with Gasteiger partial charge in [0.2, 0.25) is 0 Å². The molecule has 6 heteroatoms. The van der Waals surface area contributed by atoms with Gasteiger partial charge in [-0.25, -0.2) is 0 Å². The molecule has 0 fully saturated rings. The molecule has 210 valence electrons. The molecule has 0 saturated carbocycles. The van der Waals surface area contributed by atoms with Crippen LogP contribution < -0.4 is 15.4 Å². The van der Waals surface area contributed by atoms with Gasteiger partial charge in [0, 0.05) is 34.0 Å². The average molecular weight is 564 g/mol. The number of methoxy groups -OCH3 is 1. The van der Waals surface area contributed by atoms with E-state index < -0.39 is 5.92 Å². The smallest absolute Gasteiger partial charge is 0.162 e. The summed E-state index contributed by atoms with van der Waals surface area (Å²) in [6, 6.07) is 22.8. The molecular formula is C35H37N3O2S. The summed E-state index contributed by atoms with van der Waals surface area (Å²) in [5.74, 6) is 1.48. The summed E-state index contributed by atoms with van der Waals surface area (Å²) in [5.41, 5.74) is 15.1. The van der Waals surface area contributed by atoms with Gasteiger partial charge in [0.1, 0.15) is 11.6 Å². The van der Waals surface area contributed by atoms with Crippen LogP contribution in [0.2, 0.25) is 0 Å². The van der Waals surface area contributed by atoms with Crippen molar-refractivity contribution in [1.82, 2.24) is 0 Å². The van der Waals surface area contributed by atoms with Crippen LogP contribution >= 0.6 is 11.8 Å². The van der Waals surface area contributed by atoms with E-state index in [1.54, 1.807) is 7.11 Å². The Hall–Kier alpha value is -3.95. The van der Waals surface area contributed by atoms with E-state index in [0.717, 1.165) is 39.6 Å². The van der Waals surface area contributed by atoms with Crippen LogP contribution in [-0.4, -0.2) is 12.9 Å². The van der Waals surface area contributed by atoms with Crippen LogP contribution in [0, 0.1) is 37.5 Å². The molecule has 41 heavy (non-hydrogen) atoms. The SMILES string of the molecule is COc1ccc(N2C(N)=C(C#N)C(c3cc(C)cc(CSc4ccccc4C)c3C)C3=C2CC(C)(C)CC3=O)cc1. The molecule has 5 nitrogen and oxygen atoms in total. The van der Waals surface area contributed by atoms with Gasteiger partial charge in [0.05, 0.1) is 24.7 Å². The van der Waals surface area contributed by atoms with E-state index in [1.165, 1.54) is 16.0 Å². The van der Waals surface area contributed by atoms with Crippen LogP contribution in [0.25, 0.3) is 0 Å². The number of thioether (sulfide) groups is 1. The maximum atomic E-state index is 14.0. The largest absolute Gasteiger partial charge is 0.497 e. The minimum absolute atomic E-state index is 0.0803. The normalized spacial score (nSPS) is 18.3. The van der Waals surface area contributed by atoms with Crippen molar-refractivity contribution in [2.24, 2.45) is 11.1 Å². The Labute approximate surface area is 247 Å². The number of rotatable bonds is 6. The second-order valence-corrected chi connectivity index (χ2v) is 12.9.